The maximum atomic E-state index is 9.33. The first-order chi connectivity index (χ1) is 5.08. The summed E-state index contributed by atoms with van der Waals surface area (Å²) in [5.41, 5.74) is -0.420. The molecular weight excluding hydrogens is 140 g/mol. The number of hydrogen-bond donors (Lipinski definition) is 1. The van der Waals surface area contributed by atoms with Crippen LogP contribution in [0.2, 0.25) is 0 Å². The van der Waals surface area contributed by atoms with Crippen molar-refractivity contribution in [1.29, 1.82) is 0 Å². The zero-order valence-electron chi connectivity index (χ0n) is 7.00. The Hall–Kier alpha value is -0.520. The van der Waals surface area contributed by atoms with Crippen LogP contribution in [-0.4, -0.2) is 22.9 Å². The van der Waals surface area contributed by atoms with Crippen molar-refractivity contribution in [3.8, 4) is 12.3 Å². The molecule has 1 aliphatic rings. The molecule has 1 aliphatic heterocycles. The lowest BCUT2D eigenvalue weighted by molar-refractivity contribution is -0.0842. The second-order valence-corrected chi connectivity index (χ2v) is 3.30. The van der Waals surface area contributed by atoms with Crippen LogP contribution in [-0.2, 0) is 4.74 Å². The van der Waals surface area contributed by atoms with Crippen LogP contribution in [0.3, 0.4) is 0 Å². The molecule has 62 valence electrons. The van der Waals surface area contributed by atoms with E-state index in [1.807, 2.05) is 6.92 Å². The van der Waals surface area contributed by atoms with Gasteiger partial charge in [-0.3, -0.25) is 0 Å². The molecule has 1 heterocycles. The average molecular weight is 154 g/mol. The van der Waals surface area contributed by atoms with Crippen LogP contribution in [0.5, 0.6) is 0 Å². The van der Waals surface area contributed by atoms with Crippen LogP contribution in [0.4, 0.5) is 0 Å². The summed E-state index contributed by atoms with van der Waals surface area (Å²) in [5.74, 6) is 2.54. The third-order valence-corrected chi connectivity index (χ3v) is 2.38. The fraction of sp³-hybridized carbons (Fsp3) is 0.778. The quantitative estimate of drug-likeness (QED) is 0.569. The fourth-order valence-electron chi connectivity index (χ4n) is 1.29. The van der Waals surface area contributed by atoms with E-state index in [0.29, 0.717) is 0 Å². The van der Waals surface area contributed by atoms with Gasteiger partial charge in [0.15, 0.2) is 0 Å². The molecule has 0 saturated carbocycles. The van der Waals surface area contributed by atoms with Crippen molar-refractivity contribution in [2.45, 2.75) is 44.5 Å². The van der Waals surface area contributed by atoms with Crippen molar-refractivity contribution in [1.82, 2.24) is 0 Å². The Balaban J connectivity index is 2.59. The predicted molar refractivity (Wildman–Crippen MR) is 43.0 cm³/mol. The smallest absolute Gasteiger partial charge is 0.118 e. The lowest BCUT2D eigenvalue weighted by Crippen LogP contribution is -2.37. The van der Waals surface area contributed by atoms with E-state index in [-0.39, 0.29) is 6.10 Å². The van der Waals surface area contributed by atoms with E-state index in [0.717, 1.165) is 12.8 Å². The van der Waals surface area contributed by atoms with Gasteiger partial charge in [0.05, 0.1) is 11.7 Å². The van der Waals surface area contributed by atoms with Gasteiger partial charge in [-0.15, -0.1) is 6.42 Å². The van der Waals surface area contributed by atoms with Crippen molar-refractivity contribution < 1.29 is 9.84 Å². The molecule has 0 aliphatic carbocycles. The van der Waals surface area contributed by atoms with Crippen molar-refractivity contribution in [3.05, 3.63) is 0 Å². The van der Waals surface area contributed by atoms with Gasteiger partial charge in [0.25, 0.3) is 0 Å². The molecule has 0 aromatic carbocycles. The van der Waals surface area contributed by atoms with Gasteiger partial charge in [0, 0.05) is 0 Å². The van der Waals surface area contributed by atoms with Crippen molar-refractivity contribution in [2.24, 2.45) is 0 Å². The number of aliphatic hydroxyl groups excluding tert-OH is 1. The van der Waals surface area contributed by atoms with Crippen molar-refractivity contribution in [2.75, 3.05) is 0 Å². The van der Waals surface area contributed by atoms with Gasteiger partial charge < -0.3 is 9.84 Å². The number of ether oxygens (including phenoxy) is 1. The molecule has 0 radical (unpaired) electrons. The predicted octanol–water partition coefficient (Wildman–Crippen LogP) is 0.938. The van der Waals surface area contributed by atoms with Gasteiger partial charge in [-0.25, -0.2) is 0 Å². The molecule has 0 aromatic rings. The topological polar surface area (TPSA) is 29.5 Å². The summed E-state index contributed by atoms with van der Waals surface area (Å²) in [7, 11) is 0. The zero-order valence-corrected chi connectivity index (χ0v) is 7.00. The summed E-state index contributed by atoms with van der Waals surface area (Å²) >= 11 is 0. The third-order valence-electron chi connectivity index (χ3n) is 2.38. The molecule has 1 saturated heterocycles. The number of hydrogen-bond acceptors (Lipinski definition) is 2. The van der Waals surface area contributed by atoms with Crippen molar-refractivity contribution in [3.63, 3.8) is 0 Å². The first-order valence-corrected chi connectivity index (χ1v) is 3.90. The Kier molecular flexibility index (Phi) is 2.22. The average Bonchev–Trinajstić information content (AvgIpc) is 2.33. The highest BCUT2D eigenvalue weighted by Crippen LogP contribution is 2.32. The standard InChI is InChI=1S/C9H14O2/c1-4-8-5-6-9(3,11-8)7(2)10/h1,7-8,10H,5-6H2,2-3H3/t7-,8+,9+/m1/s1. The molecule has 0 amide bonds. The zero-order chi connectivity index (χ0) is 8.48. The number of rotatable bonds is 1. The molecular formula is C9H14O2. The highest BCUT2D eigenvalue weighted by molar-refractivity contribution is 5.02. The van der Waals surface area contributed by atoms with E-state index in [2.05, 4.69) is 5.92 Å². The Morgan fingerprint density at radius 2 is 2.45 bits per heavy atom. The minimum absolute atomic E-state index is 0.102. The van der Waals surface area contributed by atoms with Gasteiger partial charge in [-0.05, 0) is 26.7 Å². The maximum Gasteiger partial charge on any atom is 0.118 e. The van der Waals surface area contributed by atoms with E-state index in [1.165, 1.54) is 0 Å². The minimum Gasteiger partial charge on any atom is -0.390 e. The summed E-state index contributed by atoms with van der Waals surface area (Å²) in [6.45, 7) is 3.63. The lowest BCUT2D eigenvalue weighted by atomic mass is 9.97. The molecule has 2 nitrogen and oxygen atoms in total. The first-order valence-electron chi connectivity index (χ1n) is 3.90. The molecule has 0 unspecified atom stereocenters. The van der Waals surface area contributed by atoms with Crippen LogP contribution >= 0.6 is 0 Å². The Morgan fingerprint density at radius 1 is 1.82 bits per heavy atom. The molecule has 0 spiro atoms. The minimum atomic E-state index is -0.444. The maximum absolute atomic E-state index is 9.33. The molecule has 1 rings (SSSR count). The van der Waals surface area contributed by atoms with Gasteiger partial charge in [-0.2, -0.15) is 0 Å². The van der Waals surface area contributed by atoms with Crippen LogP contribution < -0.4 is 0 Å². The fourth-order valence-corrected chi connectivity index (χ4v) is 1.29. The van der Waals surface area contributed by atoms with E-state index in [1.54, 1.807) is 6.92 Å². The summed E-state index contributed by atoms with van der Waals surface area (Å²) in [4.78, 5) is 0. The SMILES string of the molecule is C#C[C@H]1CC[C@@](C)([C@@H](C)O)O1. The molecule has 11 heavy (non-hydrogen) atoms. The Morgan fingerprint density at radius 3 is 2.73 bits per heavy atom. The summed E-state index contributed by atoms with van der Waals surface area (Å²) in [5, 5.41) is 9.33. The second-order valence-electron chi connectivity index (χ2n) is 3.30. The van der Waals surface area contributed by atoms with E-state index < -0.39 is 11.7 Å². The second kappa shape index (κ2) is 2.84. The largest absolute Gasteiger partial charge is 0.390 e. The normalized spacial score (nSPS) is 40.0. The summed E-state index contributed by atoms with van der Waals surface area (Å²) < 4.78 is 5.47. The molecule has 0 aromatic heterocycles. The van der Waals surface area contributed by atoms with Gasteiger partial charge >= 0.3 is 0 Å². The van der Waals surface area contributed by atoms with E-state index >= 15 is 0 Å². The molecule has 3 atom stereocenters. The molecule has 0 bridgehead atoms. The molecule has 1 fully saturated rings. The van der Waals surface area contributed by atoms with E-state index in [4.69, 9.17) is 11.2 Å². The van der Waals surface area contributed by atoms with Crippen LogP contribution in [0.15, 0.2) is 0 Å². The van der Waals surface area contributed by atoms with Gasteiger partial charge in [0.1, 0.15) is 6.10 Å². The first kappa shape index (κ1) is 8.58. The lowest BCUT2D eigenvalue weighted by Gasteiger charge is -2.26. The van der Waals surface area contributed by atoms with E-state index in [9.17, 15) is 5.11 Å². The molecule has 2 heteroatoms. The van der Waals surface area contributed by atoms with Gasteiger partial charge in [-0.1, -0.05) is 5.92 Å². The molecule has 1 N–H and O–H groups in total. The van der Waals surface area contributed by atoms with Crippen molar-refractivity contribution >= 4 is 0 Å². The van der Waals surface area contributed by atoms with Gasteiger partial charge in [0.2, 0.25) is 0 Å². The Labute approximate surface area is 67.6 Å². The summed E-state index contributed by atoms with van der Waals surface area (Å²) in [6, 6.07) is 0. The third kappa shape index (κ3) is 1.55. The number of terminal acetylenes is 1. The van der Waals surface area contributed by atoms with Crippen LogP contribution in [0, 0.1) is 12.3 Å². The monoisotopic (exact) mass is 154 g/mol. The Bertz CT molecular complexity index is 180. The number of aliphatic hydroxyl groups is 1. The summed E-state index contributed by atoms with van der Waals surface area (Å²) in [6.07, 6.45) is 6.36. The highest BCUT2D eigenvalue weighted by Gasteiger charge is 2.39. The highest BCUT2D eigenvalue weighted by atomic mass is 16.5. The van der Waals surface area contributed by atoms with Crippen LogP contribution in [0.1, 0.15) is 26.7 Å². The van der Waals surface area contributed by atoms with Crippen LogP contribution in [0.25, 0.3) is 0 Å².